The van der Waals surface area contributed by atoms with Crippen molar-refractivity contribution in [1.82, 2.24) is 0 Å². The lowest BCUT2D eigenvalue weighted by Crippen LogP contribution is -1.91. The molecular formula is C14H13ClFN. The van der Waals surface area contributed by atoms with E-state index in [1.807, 2.05) is 25.1 Å². The fourth-order valence-corrected chi connectivity index (χ4v) is 2.05. The minimum atomic E-state index is -0.291. The third kappa shape index (κ3) is 2.27. The number of nitrogen functional groups attached to an aromatic ring is 1. The topological polar surface area (TPSA) is 26.0 Å². The minimum absolute atomic E-state index is 0.291. The fourth-order valence-electron chi connectivity index (χ4n) is 1.79. The van der Waals surface area contributed by atoms with Crippen molar-refractivity contribution in [3.8, 4) is 11.1 Å². The Balaban J connectivity index is 2.68. The third-order valence-corrected chi connectivity index (χ3v) is 3.11. The molecule has 0 bridgehead atoms. The summed E-state index contributed by atoms with van der Waals surface area (Å²) >= 11 is 6.08. The van der Waals surface area contributed by atoms with Gasteiger partial charge in [0.15, 0.2) is 0 Å². The number of rotatable bonds is 1. The van der Waals surface area contributed by atoms with Gasteiger partial charge in [0.05, 0.1) is 5.02 Å². The Bertz CT molecular complexity index is 579. The number of nitrogens with two attached hydrogens (primary N) is 1. The van der Waals surface area contributed by atoms with E-state index in [9.17, 15) is 4.39 Å². The molecule has 0 aliphatic rings. The second-order valence-electron chi connectivity index (χ2n) is 4.16. The SMILES string of the molecule is Cc1cc(-c2cc(N)ccc2C)c(Cl)cc1F. The molecular weight excluding hydrogens is 237 g/mol. The zero-order valence-electron chi connectivity index (χ0n) is 9.72. The first-order chi connectivity index (χ1) is 7.99. The minimum Gasteiger partial charge on any atom is -0.399 e. The van der Waals surface area contributed by atoms with Crippen LogP contribution < -0.4 is 5.73 Å². The molecule has 0 aliphatic carbocycles. The predicted molar refractivity (Wildman–Crippen MR) is 70.7 cm³/mol. The lowest BCUT2D eigenvalue weighted by Gasteiger charge is -2.10. The molecule has 88 valence electrons. The van der Waals surface area contributed by atoms with Crippen molar-refractivity contribution in [3.63, 3.8) is 0 Å². The molecule has 2 rings (SSSR count). The highest BCUT2D eigenvalue weighted by Crippen LogP contribution is 2.33. The summed E-state index contributed by atoms with van der Waals surface area (Å²) in [5.74, 6) is -0.291. The van der Waals surface area contributed by atoms with Crippen LogP contribution >= 0.6 is 11.6 Å². The first-order valence-corrected chi connectivity index (χ1v) is 5.69. The van der Waals surface area contributed by atoms with Gasteiger partial charge in [0.25, 0.3) is 0 Å². The maximum Gasteiger partial charge on any atom is 0.127 e. The molecule has 0 aliphatic heterocycles. The number of aryl methyl sites for hydroxylation is 2. The summed E-state index contributed by atoms with van der Waals surface area (Å²) < 4.78 is 13.3. The smallest absolute Gasteiger partial charge is 0.127 e. The lowest BCUT2D eigenvalue weighted by molar-refractivity contribution is 0.619. The van der Waals surface area contributed by atoms with Gasteiger partial charge in [-0.05, 0) is 54.8 Å². The Morgan fingerprint density at radius 3 is 2.41 bits per heavy atom. The first kappa shape index (κ1) is 11.9. The molecule has 2 N–H and O–H groups in total. The zero-order chi connectivity index (χ0) is 12.6. The Labute approximate surface area is 105 Å². The van der Waals surface area contributed by atoms with Gasteiger partial charge in [0.1, 0.15) is 5.82 Å². The molecule has 0 spiro atoms. The quantitative estimate of drug-likeness (QED) is 0.748. The predicted octanol–water partition coefficient (Wildman–Crippen LogP) is 4.35. The van der Waals surface area contributed by atoms with Crippen LogP contribution in [-0.2, 0) is 0 Å². The molecule has 0 unspecified atom stereocenters. The highest BCUT2D eigenvalue weighted by atomic mass is 35.5. The molecule has 17 heavy (non-hydrogen) atoms. The zero-order valence-corrected chi connectivity index (χ0v) is 10.5. The van der Waals surface area contributed by atoms with E-state index < -0.39 is 0 Å². The first-order valence-electron chi connectivity index (χ1n) is 5.31. The van der Waals surface area contributed by atoms with Crippen molar-refractivity contribution in [1.29, 1.82) is 0 Å². The average molecular weight is 250 g/mol. The van der Waals surface area contributed by atoms with E-state index in [2.05, 4.69) is 0 Å². The lowest BCUT2D eigenvalue weighted by atomic mass is 9.98. The van der Waals surface area contributed by atoms with Gasteiger partial charge in [-0.15, -0.1) is 0 Å². The highest BCUT2D eigenvalue weighted by molar-refractivity contribution is 6.33. The van der Waals surface area contributed by atoms with Crippen LogP contribution in [0.4, 0.5) is 10.1 Å². The highest BCUT2D eigenvalue weighted by Gasteiger charge is 2.10. The van der Waals surface area contributed by atoms with Crippen LogP contribution in [0.1, 0.15) is 11.1 Å². The summed E-state index contributed by atoms with van der Waals surface area (Å²) in [7, 11) is 0. The normalized spacial score (nSPS) is 10.6. The van der Waals surface area contributed by atoms with Crippen LogP contribution in [-0.4, -0.2) is 0 Å². The second kappa shape index (κ2) is 4.38. The van der Waals surface area contributed by atoms with E-state index in [0.717, 1.165) is 16.7 Å². The monoisotopic (exact) mass is 249 g/mol. The summed E-state index contributed by atoms with van der Waals surface area (Å²) in [6.45, 7) is 3.70. The van der Waals surface area contributed by atoms with Crippen LogP contribution in [0.25, 0.3) is 11.1 Å². The summed E-state index contributed by atoms with van der Waals surface area (Å²) in [5.41, 5.74) is 9.83. The van der Waals surface area contributed by atoms with E-state index in [0.29, 0.717) is 16.3 Å². The number of benzene rings is 2. The van der Waals surface area contributed by atoms with Crippen molar-refractivity contribution in [2.45, 2.75) is 13.8 Å². The standard InChI is InChI=1S/C14H13ClFN/c1-8-3-4-10(17)6-11(8)12-5-9(2)14(16)7-13(12)15/h3-7H,17H2,1-2H3. The molecule has 0 radical (unpaired) electrons. The van der Waals surface area contributed by atoms with E-state index >= 15 is 0 Å². The Morgan fingerprint density at radius 1 is 1.00 bits per heavy atom. The molecule has 2 aromatic carbocycles. The number of hydrogen-bond acceptors (Lipinski definition) is 1. The molecule has 0 atom stereocenters. The van der Waals surface area contributed by atoms with Crippen LogP contribution in [0.5, 0.6) is 0 Å². The molecule has 0 saturated carbocycles. The maximum absolute atomic E-state index is 13.3. The van der Waals surface area contributed by atoms with Gasteiger partial charge in [-0.1, -0.05) is 17.7 Å². The van der Waals surface area contributed by atoms with Crippen molar-refractivity contribution in [2.75, 3.05) is 5.73 Å². The number of halogens is 2. The van der Waals surface area contributed by atoms with E-state index in [4.69, 9.17) is 17.3 Å². The number of hydrogen-bond donors (Lipinski definition) is 1. The summed E-state index contributed by atoms with van der Waals surface area (Å²) in [5, 5.41) is 0.404. The van der Waals surface area contributed by atoms with E-state index in [-0.39, 0.29) is 5.82 Å². The van der Waals surface area contributed by atoms with Crippen molar-refractivity contribution in [3.05, 3.63) is 52.3 Å². The Hall–Kier alpha value is -1.54. The van der Waals surface area contributed by atoms with Gasteiger partial charge in [-0.3, -0.25) is 0 Å². The molecule has 0 amide bonds. The fraction of sp³-hybridized carbons (Fsp3) is 0.143. The molecule has 0 heterocycles. The molecule has 0 saturated heterocycles. The van der Waals surface area contributed by atoms with Crippen molar-refractivity contribution in [2.24, 2.45) is 0 Å². The van der Waals surface area contributed by atoms with Gasteiger partial charge in [0, 0.05) is 11.3 Å². The van der Waals surface area contributed by atoms with E-state index in [1.165, 1.54) is 6.07 Å². The average Bonchev–Trinajstić information content (AvgIpc) is 2.27. The molecule has 0 fully saturated rings. The van der Waals surface area contributed by atoms with Crippen LogP contribution in [0.2, 0.25) is 5.02 Å². The van der Waals surface area contributed by atoms with Gasteiger partial charge in [0.2, 0.25) is 0 Å². The molecule has 1 nitrogen and oxygen atoms in total. The second-order valence-corrected chi connectivity index (χ2v) is 4.56. The Kier molecular flexibility index (Phi) is 3.07. The molecule has 3 heteroatoms. The number of anilines is 1. The largest absolute Gasteiger partial charge is 0.399 e. The van der Waals surface area contributed by atoms with Gasteiger partial charge in [-0.2, -0.15) is 0 Å². The van der Waals surface area contributed by atoms with Gasteiger partial charge >= 0.3 is 0 Å². The Morgan fingerprint density at radius 2 is 1.71 bits per heavy atom. The molecule has 2 aromatic rings. The van der Waals surface area contributed by atoms with Crippen molar-refractivity contribution < 1.29 is 4.39 Å². The van der Waals surface area contributed by atoms with E-state index in [1.54, 1.807) is 13.0 Å². The van der Waals surface area contributed by atoms with Crippen molar-refractivity contribution >= 4 is 17.3 Å². The summed E-state index contributed by atoms with van der Waals surface area (Å²) in [4.78, 5) is 0. The third-order valence-electron chi connectivity index (χ3n) is 2.80. The summed E-state index contributed by atoms with van der Waals surface area (Å²) in [6.07, 6.45) is 0. The van der Waals surface area contributed by atoms with Gasteiger partial charge in [-0.25, -0.2) is 4.39 Å². The van der Waals surface area contributed by atoms with Crippen LogP contribution in [0.3, 0.4) is 0 Å². The van der Waals surface area contributed by atoms with Gasteiger partial charge < -0.3 is 5.73 Å². The van der Waals surface area contributed by atoms with Crippen LogP contribution in [0, 0.1) is 19.7 Å². The maximum atomic E-state index is 13.3. The molecule has 0 aromatic heterocycles. The summed E-state index contributed by atoms with van der Waals surface area (Å²) in [6, 6.07) is 8.71. The van der Waals surface area contributed by atoms with Crippen LogP contribution in [0.15, 0.2) is 30.3 Å².